The molecule has 1 aromatic carbocycles. The summed E-state index contributed by atoms with van der Waals surface area (Å²) in [6.45, 7) is 3.74. The molecule has 0 aliphatic heterocycles. The number of ether oxygens (including phenoxy) is 2. The van der Waals surface area contributed by atoms with E-state index in [1.54, 1.807) is 18.4 Å². The summed E-state index contributed by atoms with van der Waals surface area (Å²) in [5.74, 6) is 1.48. The maximum atomic E-state index is 10.0. The Kier molecular flexibility index (Phi) is 6.04. The molecule has 1 aromatic heterocycles. The van der Waals surface area contributed by atoms with E-state index in [0.717, 1.165) is 22.6 Å². The fourth-order valence-corrected chi connectivity index (χ4v) is 2.74. The highest BCUT2D eigenvalue weighted by atomic mass is 32.1. The van der Waals surface area contributed by atoms with Gasteiger partial charge in [-0.25, -0.2) is 0 Å². The molecule has 0 saturated heterocycles. The fraction of sp³-hybridized carbons (Fsp3) is 0.375. The van der Waals surface area contributed by atoms with Gasteiger partial charge in [0, 0.05) is 13.1 Å². The van der Waals surface area contributed by atoms with Crippen molar-refractivity contribution in [1.29, 1.82) is 0 Å². The standard InChI is InChI=1S/C16H21NO3S/c1-3-20-16-8-12(4-5-15(16)19-2)9-17-10-14(18)13-6-7-21-11-13/h4-8,11,14,17-18H,3,9-10H2,1-2H3. The van der Waals surface area contributed by atoms with Crippen LogP contribution in [0.5, 0.6) is 11.5 Å². The van der Waals surface area contributed by atoms with Crippen molar-refractivity contribution in [2.75, 3.05) is 20.3 Å². The van der Waals surface area contributed by atoms with Crippen LogP contribution in [0, 0.1) is 0 Å². The number of methoxy groups -OCH3 is 1. The first-order chi connectivity index (χ1) is 10.2. The molecule has 0 amide bonds. The van der Waals surface area contributed by atoms with Gasteiger partial charge in [-0.1, -0.05) is 6.07 Å². The summed E-state index contributed by atoms with van der Waals surface area (Å²) < 4.78 is 10.8. The highest BCUT2D eigenvalue weighted by molar-refractivity contribution is 7.07. The van der Waals surface area contributed by atoms with E-state index in [1.807, 2.05) is 41.9 Å². The maximum Gasteiger partial charge on any atom is 0.161 e. The van der Waals surface area contributed by atoms with Crippen LogP contribution in [0.4, 0.5) is 0 Å². The molecule has 1 heterocycles. The molecule has 0 spiro atoms. The van der Waals surface area contributed by atoms with Crippen molar-refractivity contribution < 1.29 is 14.6 Å². The van der Waals surface area contributed by atoms with E-state index in [2.05, 4.69) is 5.32 Å². The minimum Gasteiger partial charge on any atom is -0.493 e. The first kappa shape index (κ1) is 15.8. The minimum atomic E-state index is -0.471. The number of hydrogen-bond acceptors (Lipinski definition) is 5. The number of hydrogen-bond donors (Lipinski definition) is 2. The van der Waals surface area contributed by atoms with E-state index in [4.69, 9.17) is 9.47 Å². The maximum absolute atomic E-state index is 10.0. The molecule has 1 atom stereocenters. The van der Waals surface area contributed by atoms with Crippen LogP contribution in [-0.2, 0) is 6.54 Å². The lowest BCUT2D eigenvalue weighted by atomic mass is 10.1. The van der Waals surface area contributed by atoms with Gasteiger partial charge < -0.3 is 19.9 Å². The Labute approximate surface area is 129 Å². The zero-order chi connectivity index (χ0) is 15.1. The van der Waals surface area contributed by atoms with Crippen LogP contribution in [0.3, 0.4) is 0 Å². The van der Waals surface area contributed by atoms with Crippen molar-refractivity contribution in [3.05, 3.63) is 46.2 Å². The summed E-state index contributed by atoms with van der Waals surface area (Å²) in [7, 11) is 1.63. The van der Waals surface area contributed by atoms with Crippen LogP contribution in [0.15, 0.2) is 35.0 Å². The van der Waals surface area contributed by atoms with E-state index >= 15 is 0 Å². The monoisotopic (exact) mass is 307 g/mol. The zero-order valence-electron chi connectivity index (χ0n) is 12.3. The number of benzene rings is 1. The van der Waals surface area contributed by atoms with Crippen molar-refractivity contribution in [1.82, 2.24) is 5.32 Å². The molecule has 5 heteroatoms. The van der Waals surface area contributed by atoms with Crippen LogP contribution >= 0.6 is 11.3 Å². The Bertz CT molecular complexity index is 542. The number of rotatable bonds is 8. The molecule has 4 nitrogen and oxygen atoms in total. The molecular weight excluding hydrogens is 286 g/mol. The molecule has 0 aliphatic rings. The number of aliphatic hydroxyl groups excluding tert-OH is 1. The Morgan fingerprint density at radius 1 is 1.29 bits per heavy atom. The summed E-state index contributed by atoms with van der Waals surface area (Å²) in [5, 5.41) is 17.2. The van der Waals surface area contributed by atoms with Gasteiger partial charge in [-0.15, -0.1) is 0 Å². The van der Waals surface area contributed by atoms with Gasteiger partial charge in [0.05, 0.1) is 19.8 Å². The third-order valence-electron chi connectivity index (χ3n) is 3.12. The second-order valence-corrected chi connectivity index (χ2v) is 5.40. The number of nitrogens with one attached hydrogen (secondary N) is 1. The first-order valence-electron chi connectivity index (χ1n) is 6.95. The molecule has 1 unspecified atom stereocenters. The van der Waals surface area contributed by atoms with E-state index in [0.29, 0.717) is 19.7 Å². The van der Waals surface area contributed by atoms with Crippen LogP contribution in [0.25, 0.3) is 0 Å². The second kappa shape index (κ2) is 8.02. The van der Waals surface area contributed by atoms with E-state index in [1.165, 1.54) is 0 Å². The zero-order valence-corrected chi connectivity index (χ0v) is 13.2. The Hall–Kier alpha value is -1.56. The van der Waals surface area contributed by atoms with E-state index in [-0.39, 0.29) is 0 Å². The lowest BCUT2D eigenvalue weighted by Gasteiger charge is -2.13. The molecule has 2 aromatic rings. The fourth-order valence-electron chi connectivity index (χ4n) is 2.04. The largest absolute Gasteiger partial charge is 0.493 e. The lowest BCUT2D eigenvalue weighted by Crippen LogP contribution is -2.20. The molecule has 0 radical (unpaired) electrons. The van der Waals surface area contributed by atoms with Gasteiger partial charge in [0.1, 0.15) is 0 Å². The summed E-state index contributed by atoms with van der Waals surface area (Å²) >= 11 is 1.59. The molecule has 2 N–H and O–H groups in total. The van der Waals surface area contributed by atoms with E-state index < -0.39 is 6.10 Å². The Balaban J connectivity index is 1.89. The van der Waals surface area contributed by atoms with Gasteiger partial charge in [-0.2, -0.15) is 11.3 Å². The van der Waals surface area contributed by atoms with Gasteiger partial charge in [-0.05, 0) is 47.0 Å². The summed E-state index contributed by atoms with van der Waals surface area (Å²) in [4.78, 5) is 0. The number of thiophene rings is 1. The Morgan fingerprint density at radius 2 is 2.14 bits per heavy atom. The van der Waals surface area contributed by atoms with Crippen molar-refractivity contribution >= 4 is 11.3 Å². The molecular formula is C16H21NO3S. The summed E-state index contributed by atoms with van der Waals surface area (Å²) in [5.41, 5.74) is 2.05. The minimum absolute atomic E-state index is 0.471. The molecule has 0 aliphatic carbocycles. The normalized spacial score (nSPS) is 12.1. The van der Waals surface area contributed by atoms with Crippen molar-refractivity contribution in [2.45, 2.75) is 19.6 Å². The topological polar surface area (TPSA) is 50.7 Å². The van der Waals surface area contributed by atoms with Gasteiger partial charge >= 0.3 is 0 Å². The van der Waals surface area contributed by atoms with Gasteiger partial charge in [0.2, 0.25) is 0 Å². The molecule has 2 rings (SSSR count). The first-order valence-corrected chi connectivity index (χ1v) is 7.89. The van der Waals surface area contributed by atoms with Crippen molar-refractivity contribution in [2.24, 2.45) is 0 Å². The van der Waals surface area contributed by atoms with Gasteiger partial charge in [0.15, 0.2) is 11.5 Å². The summed E-state index contributed by atoms with van der Waals surface area (Å²) in [6, 6.07) is 7.80. The molecule has 0 saturated carbocycles. The predicted molar refractivity (Wildman–Crippen MR) is 85.1 cm³/mol. The average molecular weight is 307 g/mol. The van der Waals surface area contributed by atoms with Crippen LogP contribution < -0.4 is 14.8 Å². The van der Waals surface area contributed by atoms with Crippen LogP contribution in [0.1, 0.15) is 24.2 Å². The quantitative estimate of drug-likeness (QED) is 0.787. The molecule has 114 valence electrons. The van der Waals surface area contributed by atoms with Crippen molar-refractivity contribution in [3.63, 3.8) is 0 Å². The molecule has 0 fully saturated rings. The van der Waals surface area contributed by atoms with Gasteiger partial charge in [-0.3, -0.25) is 0 Å². The smallest absolute Gasteiger partial charge is 0.161 e. The highest BCUT2D eigenvalue weighted by Crippen LogP contribution is 2.28. The predicted octanol–water partition coefficient (Wildman–Crippen LogP) is 2.98. The lowest BCUT2D eigenvalue weighted by molar-refractivity contribution is 0.175. The highest BCUT2D eigenvalue weighted by Gasteiger charge is 2.08. The third kappa shape index (κ3) is 4.46. The SMILES string of the molecule is CCOc1cc(CNCC(O)c2ccsc2)ccc1OC. The summed E-state index contributed by atoms with van der Waals surface area (Å²) in [6.07, 6.45) is -0.471. The third-order valence-corrected chi connectivity index (χ3v) is 3.82. The van der Waals surface area contributed by atoms with Crippen molar-refractivity contribution in [3.8, 4) is 11.5 Å². The Morgan fingerprint density at radius 3 is 2.81 bits per heavy atom. The number of aliphatic hydroxyl groups is 1. The van der Waals surface area contributed by atoms with Crippen LogP contribution in [0.2, 0.25) is 0 Å². The molecule has 21 heavy (non-hydrogen) atoms. The van der Waals surface area contributed by atoms with Gasteiger partial charge in [0.25, 0.3) is 0 Å². The molecule has 0 bridgehead atoms. The van der Waals surface area contributed by atoms with Crippen LogP contribution in [-0.4, -0.2) is 25.4 Å². The van der Waals surface area contributed by atoms with E-state index in [9.17, 15) is 5.11 Å². The second-order valence-electron chi connectivity index (χ2n) is 4.62. The average Bonchev–Trinajstić information content (AvgIpc) is 3.02.